The molecule has 4 aromatic rings. The highest BCUT2D eigenvalue weighted by atomic mass is 16.2. The molecule has 0 saturated heterocycles. The number of benzene rings is 2. The van der Waals surface area contributed by atoms with E-state index in [1.54, 1.807) is 36.4 Å². The highest BCUT2D eigenvalue weighted by Crippen LogP contribution is 2.17. The Hall–Kier alpha value is -5.52. The second-order valence-corrected chi connectivity index (χ2v) is 10.7. The van der Waals surface area contributed by atoms with Gasteiger partial charge in [0.05, 0.1) is 5.56 Å². The molecule has 3 heterocycles. The third-order valence-electron chi connectivity index (χ3n) is 7.45. The number of carbonyl (C=O) groups excluding carboxylic acids is 4. The van der Waals surface area contributed by atoms with Crippen LogP contribution in [0.2, 0.25) is 0 Å². The van der Waals surface area contributed by atoms with Gasteiger partial charge in [-0.1, -0.05) is 48.5 Å². The van der Waals surface area contributed by atoms with Crippen LogP contribution in [0.25, 0.3) is 10.9 Å². The smallest absolute Gasteiger partial charge is 0.270 e. The minimum absolute atomic E-state index is 0.0801. The van der Waals surface area contributed by atoms with Gasteiger partial charge in [0.2, 0.25) is 17.4 Å². The van der Waals surface area contributed by atoms with Gasteiger partial charge in [0.1, 0.15) is 11.7 Å². The van der Waals surface area contributed by atoms with Crippen LogP contribution in [0.3, 0.4) is 0 Å². The molecule has 0 radical (unpaired) electrons. The van der Waals surface area contributed by atoms with E-state index < -0.39 is 23.4 Å². The number of aromatic amines is 1. The first-order chi connectivity index (χ1) is 21.9. The van der Waals surface area contributed by atoms with Gasteiger partial charge >= 0.3 is 0 Å². The number of para-hydroxylation sites is 1. The van der Waals surface area contributed by atoms with E-state index in [1.807, 2.05) is 30.3 Å². The van der Waals surface area contributed by atoms with E-state index in [9.17, 15) is 24.0 Å². The van der Waals surface area contributed by atoms with Gasteiger partial charge in [0.25, 0.3) is 11.8 Å². The quantitative estimate of drug-likeness (QED) is 0.236. The molecule has 45 heavy (non-hydrogen) atoms. The summed E-state index contributed by atoms with van der Waals surface area (Å²) < 4.78 is 0. The molecule has 2 bridgehead atoms. The SMILES string of the molecule is O=C1CCCN(C(=O)c2cc(=O)[nH]c3ccccc23)CCNC(=O)[C@H](Cc2ccccc2)NC(=O)c2cc(ccn2)NCCN1. The number of nitrogens with zero attached hydrogens (tertiary/aromatic N) is 2. The number of fused-ring (bicyclic) bond motifs is 3. The summed E-state index contributed by atoms with van der Waals surface area (Å²) in [4.78, 5) is 73.9. The molecule has 1 atom stereocenters. The molecule has 5 rings (SSSR count). The van der Waals surface area contributed by atoms with Crippen LogP contribution in [-0.4, -0.2) is 77.3 Å². The molecule has 0 saturated carbocycles. The van der Waals surface area contributed by atoms with E-state index in [4.69, 9.17) is 0 Å². The van der Waals surface area contributed by atoms with Crippen molar-refractivity contribution in [1.29, 1.82) is 0 Å². The van der Waals surface area contributed by atoms with Crippen LogP contribution in [0.15, 0.2) is 83.8 Å². The molecule has 12 heteroatoms. The second-order valence-electron chi connectivity index (χ2n) is 10.7. The van der Waals surface area contributed by atoms with Crippen LogP contribution in [-0.2, 0) is 16.0 Å². The Morgan fingerprint density at radius 1 is 0.844 bits per heavy atom. The van der Waals surface area contributed by atoms with Gasteiger partial charge in [0, 0.05) is 74.4 Å². The average Bonchev–Trinajstić information content (AvgIpc) is 3.05. The Kier molecular flexibility index (Phi) is 10.2. The number of anilines is 1. The number of hydrogen-bond donors (Lipinski definition) is 5. The highest BCUT2D eigenvalue weighted by molar-refractivity contribution is 6.06. The van der Waals surface area contributed by atoms with Crippen molar-refractivity contribution in [2.24, 2.45) is 0 Å². The van der Waals surface area contributed by atoms with Crippen molar-refractivity contribution in [3.05, 3.63) is 106 Å². The average molecular weight is 610 g/mol. The number of aromatic nitrogens is 2. The van der Waals surface area contributed by atoms with Crippen molar-refractivity contribution in [2.45, 2.75) is 25.3 Å². The molecule has 0 fully saturated rings. The Morgan fingerprint density at radius 3 is 2.47 bits per heavy atom. The summed E-state index contributed by atoms with van der Waals surface area (Å²) in [5, 5.41) is 12.3. The lowest BCUT2D eigenvalue weighted by molar-refractivity contribution is -0.123. The molecule has 1 aliphatic rings. The number of nitrogens with one attached hydrogen (secondary N) is 5. The Labute approximate surface area is 259 Å². The lowest BCUT2D eigenvalue weighted by Gasteiger charge is -2.24. The van der Waals surface area contributed by atoms with E-state index in [1.165, 1.54) is 17.2 Å². The molecule has 0 unspecified atom stereocenters. The Balaban J connectivity index is 1.39. The van der Waals surface area contributed by atoms with Gasteiger partial charge in [0.15, 0.2) is 0 Å². The van der Waals surface area contributed by atoms with E-state index >= 15 is 0 Å². The fraction of sp³-hybridized carbons (Fsp3) is 0.273. The largest absolute Gasteiger partial charge is 0.383 e. The molecule has 2 aromatic heterocycles. The summed E-state index contributed by atoms with van der Waals surface area (Å²) in [6.07, 6.45) is 2.30. The summed E-state index contributed by atoms with van der Waals surface area (Å²) >= 11 is 0. The van der Waals surface area contributed by atoms with Crippen molar-refractivity contribution in [3.8, 4) is 0 Å². The molecule has 232 valence electrons. The second kappa shape index (κ2) is 14.8. The molecular weight excluding hydrogens is 574 g/mol. The number of H-pyrrole nitrogens is 1. The topological polar surface area (TPSA) is 165 Å². The third-order valence-corrected chi connectivity index (χ3v) is 7.45. The first-order valence-corrected chi connectivity index (χ1v) is 14.9. The van der Waals surface area contributed by atoms with Crippen molar-refractivity contribution in [1.82, 2.24) is 30.8 Å². The highest BCUT2D eigenvalue weighted by Gasteiger charge is 2.24. The molecule has 0 spiro atoms. The Morgan fingerprint density at radius 2 is 1.62 bits per heavy atom. The molecule has 5 N–H and O–H groups in total. The molecule has 0 aliphatic carbocycles. The molecule has 4 amide bonds. The zero-order valence-electron chi connectivity index (χ0n) is 24.7. The lowest BCUT2D eigenvalue weighted by atomic mass is 10.0. The van der Waals surface area contributed by atoms with Gasteiger partial charge in [-0.25, -0.2) is 0 Å². The van der Waals surface area contributed by atoms with Gasteiger partial charge < -0.3 is 31.2 Å². The predicted octanol–water partition coefficient (Wildman–Crippen LogP) is 1.84. The van der Waals surface area contributed by atoms with E-state index in [2.05, 4.69) is 31.2 Å². The normalized spacial score (nSPS) is 17.1. The van der Waals surface area contributed by atoms with E-state index in [0.29, 0.717) is 36.1 Å². The van der Waals surface area contributed by atoms with E-state index in [0.717, 1.165) is 5.56 Å². The maximum atomic E-state index is 13.8. The number of rotatable bonds is 3. The van der Waals surface area contributed by atoms with Crippen molar-refractivity contribution >= 4 is 40.2 Å². The summed E-state index contributed by atoms with van der Waals surface area (Å²) in [7, 11) is 0. The van der Waals surface area contributed by atoms with Crippen molar-refractivity contribution < 1.29 is 19.2 Å². The predicted molar refractivity (Wildman–Crippen MR) is 170 cm³/mol. The summed E-state index contributed by atoms with van der Waals surface area (Å²) in [6, 6.07) is 20.0. The Bertz CT molecular complexity index is 1740. The maximum absolute atomic E-state index is 13.8. The molecule has 1 aliphatic heterocycles. The van der Waals surface area contributed by atoms with Crippen LogP contribution >= 0.6 is 0 Å². The summed E-state index contributed by atoms with van der Waals surface area (Å²) in [5.74, 6) is -1.50. The monoisotopic (exact) mass is 609 g/mol. The molecule has 2 aromatic carbocycles. The van der Waals surface area contributed by atoms with Crippen molar-refractivity contribution in [2.75, 3.05) is 38.0 Å². The minimum Gasteiger partial charge on any atom is -0.383 e. The zero-order valence-corrected chi connectivity index (χ0v) is 24.7. The van der Waals surface area contributed by atoms with Crippen LogP contribution in [0.1, 0.15) is 39.3 Å². The molecule has 12 nitrogen and oxygen atoms in total. The first kappa shape index (κ1) is 30.9. The van der Waals surface area contributed by atoms with Gasteiger partial charge in [-0.15, -0.1) is 0 Å². The minimum atomic E-state index is -0.914. The summed E-state index contributed by atoms with van der Waals surface area (Å²) in [6.45, 7) is 1.19. The molecular formula is C33H35N7O5. The number of amides is 4. The summed E-state index contributed by atoms with van der Waals surface area (Å²) in [5.41, 5.74) is 2.00. The standard InChI is InChI=1S/C33H35N7O5/c41-29-11-6-17-40(33(45)25-21-30(42)38-26-10-5-4-9-24(25)26)18-16-37-31(43)28(19-22-7-2-1-3-8-22)39-32(44)27-20-23(12-13-35-27)34-14-15-36-29/h1-5,7-10,12-13,20-21,28,34H,6,11,14-19H2,(H,36,41)(H,37,43)(H,38,42)(H,39,44)/t28-/m0/s1. The zero-order chi connectivity index (χ0) is 31.6. The van der Waals surface area contributed by atoms with Crippen LogP contribution < -0.4 is 26.8 Å². The van der Waals surface area contributed by atoms with Crippen LogP contribution in [0.5, 0.6) is 0 Å². The first-order valence-electron chi connectivity index (χ1n) is 14.9. The number of pyridine rings is 2. The van der Waals surface area contributed by atoms with Gasteiger partial charge in [-0.05, 0) is 30.2 Å². The van der Waals surface area contributed by atoms with Gasteiger partial charge in [-0.3, -0.25) is 29.0 Å². The van der Waals surface area contributed by atoms with Crippen LogP contribution in [0.4, 0.5) is 5.69 Å². The third kappa shape index (κ3) is 8.31. The fourth-order valence-electron chi connectivity index (χ4n) is 5.19. The number of carbonyl (C=O) groups is 4. The van der Waals surface area contributed by atoms with Crippen molar-refractivity contribution in [3.63, 3.8) is 0 Å². The fourth-order valence-corrected chi connectivity index (χ4v) is 5.19. The lowest BCUT2D eigenvalue weighted by Crippen LogP contribution is -2.50. The number of hydrogen-bond acceptors (Lipinski definition) is 7. The van der Waals surface area contributed by atoms with Crippen LogP contribution in [0, 0.1) is 0 Å². The van der Waals surface area contributed by atoms with Gasteiger partial charge in [-0.2, -0.15) is 0 Å². The van der Waals surface area contributed by atoms with E-state index in [-0.39, 0.29) is 55.5 Å². The maximum Gasteiger partial charge on any atom is 0.270 e.